The molecule has 0 bridgehead atoms. The molecule has 0 aromatic carbocycles. The molecule has 0 unspecified atom stereocenters. The van der Waals surface area contributed by atoms with Crippen molar-refractivity contribution in [3.8, 4) is 6.07 Å². The maximum atomic E-state index is 8.73. The van der Waals surface area contributed by atoms with Crippen LogP contribution in [0.3, 0.4) is 0 Å². The molecule has 1 aromatic heterocycles. The molecule has 13 heavy (non-hydrogen) atoms. The largest absolute Gasteiger partial charge is 0.260 e. The number of hydrogen-bond donors (Lipinski definition) is 0. The number of rotatable bonds is 0. The molecule has 2 heteroatoms. The highest BCUT2D eigenvalue weighted by atomic mass is 14.7. The Morgan fingerprint density at radius 1 is 1.38 bits per heavy atom. The number of pyridine rings is 1. The Kier molecular flexibility index (Phi) is 2.38. The first-order valence-corrected chi connectivity index (χ1v) is 4.32. The van der Waals surface area contributed by atoms with Crippen LogP contribution in [0, 0.1) is 18.3 Å². The van der Waals surface area contributed by atoms with Crippen LogP contribution in [0.5, 0.6) is 0 Å². The Morgan fingerprint density at radius 2 is 2.00 bits per heavy atom. The average Bonchev–Trinajstić information content (AvgIpc) is 2.03. The normalized spacial score (nSPS) is 11.0. The first-order chi connectivity index (χ1) is 5.95. The maximum absolute atomic E-state index is 8.73. The van der Waals surface area contributed by atoms with E-state index in [1.807, 2.05) is 13.0 Å². The van der Waals surface area contributed by atoms with Gasteiger partial charge in [-0.3, -0.25) is 4.98 Å². The summed E-state index contributed by atoms with van der Waals surface area (Å²) in [7, 11) is 0. The molecule has 0 aliphatic carbocycles. The van der Waals surface area contributed by atoms with Crippen LogP contribution in [-0.2, 0) is 5.41 Å². The SMILES string of the molecule is Cc1ncc(C#N)cc1C(C)(C)C. The van der Waals surface area contributed by atoms with E-state index in [-0.39, 0.29) is 5.41 Å². The Morgan fingerprint density at radius 3 is 2.46 bits per heavy atom. The summed E-state index contributed by atoms with van der Waals surface area (Å²) in [5.41, 5.74) is 2.85. The van der Waals surface area contributed by atoms with Crippen LogP contribution in [0.25, 0.3) is 0 Å². The molecule has 0 fully saturated rings. The van der Waals surface area contributed by atoms with Crippen molar-refractivity contribution in [2.75, 3.05) is 0 Å². The van der Waals surface area contributed by atoms with Gasteiger partial charge in [0, 0.05) is 11.9 Å². The molecule has 68 valence electrons. The Labute approximate surface area is 79.2 Å². The van der Waals surface area contributed by atoms with E-state index in [0.29, 0.717) is 5.56 Å². The van der Waals surface area contributed by atoms with Gasteiger partial charge in [-0.25, -0.2) is 0 Å². The molecule has 0 atom stereocenters. The lowest BCUT2D eigenvalue weighted by atomic mass is 9.85. The van der Waals surface area contributed by atoms with Gasteiger partial charge in [-0.1, -0.05) is 20.8 Å². The maximum Gasteiger partial charge on any atom is 0.101 e. The zero-order valence-corrected chi connectivity index (χ0v) is 8.55. The van der Waals surface area contributed by atoms with Crippen LogP contribution in [0.1, 0.15) is 37.6 Å². The summed E-state index contributed by atoms with van der Waals surface area (Å²) in [6.07, 6.45) is 1.62. The zero-order chi connectivity index (χ0) is 10.1. The predicted molar refractivity (Wildman–Crippen MR) is 52.4 cm³/mol. The van der Waals surface area contributed by atoms with Crippen molar-refractivity contribution >= 4 is 0 Å². The second-order valence-electron chi connectivity index (χ2n) is 4.22. The highest BCUT2D eigenvalue weighted by Crippen LogP contribution is 2.24. The fourth-order valence-corrected chi connectivity index (χ4v) is 1.35. The first kappa shape index (κ1) is 9.73. The van der Waals surface area contributed by atoms with Gasteiger partial charge in [0.05, 0.1) is 5.56 Å². The van der Waals surface area contributed by atoms with E-state index in [4.69, 9.17) is 5.26 Å². The van der Waals surface area contributed by atoms with E-state index >= 15 is 0 Å². The smallest absolute Gasteiger partial charge is 0.101 e. The summed E-state index contributed by atoms with van der Waals surface area (Å²) in [4.78, 5) is 4.19. The minimum atomic E-state index is 0.0595. The summed E-state index contributed by atoms with van der Waals surface area (Å²) >= 11 is 0. The molecule has 0 N–H and O–H groups in total. The molecule has 0 aliphatic rings. The second-order valence-corrected chi connectivity index (χ2v) is 4.22. The van der Waals surface area contributed by atoms with Gasteiger partial charge in [0.1, 0.15) is 6.07 Å². The van der Waals surface area contributed by atoms with E-state index in [9.17, 15) is 0 Å². The molecule has 0 amide bonds. The molecule has 0 saturated carbocycles. The lowest BCUT2D eigenvalue weighted by molar-refractivity contribution is 0.582. The third kappa shape index (κ3) is 2.06. The monoisotopic (exact) mass is 174 g/mol. The van der Waals surface area contributed by atoms with Crippen LogP contribution >= 0.6 is 0 Å². The molecular weight excluding hydrogens is 160 g/mol. The summed E-state index contributed by atoms with van der Waals surface area (Å²) in [5.74, 6) is 0. The van der Waals surface area contributed by atoms with Crippen molar-refractivity contribution in [2.24, 2.45) is 0 Å². The average molecular weight is 174 g/mol. The Bertz CT molecular complexity index is 353. The fourth-order valence-electron chi connectivity index (χ4n) is 1.35. The van der Waals surface area contributed by atoms with Gasteiger partial charge in [0.2, 0.25) is 0 Å². The molecule has 0 aliphatic heterocycles. The van der Waals surface area contributed by atoms with Gasteiger partial charge in [-0.15, -0.1) is 0 Å². The summed E-state index contributed by atoms with van der Waals surface area (Å²) in [5, 5.41) is 8.73. The van der Waals surface area contributed by atoms with Gasteiger partial charge < -0.3 is 0 Å². The molecule has 2 nitrogen and oxygen atoms in total. The predicted octanol–water partition coefficient (Wildman–Crippen LogP) is 2.56. The van der Waals surface area contributed by atoms with Crippen molar-refractivity contribution in [3.63, 3.8) is 0 Å². The van der Waals surface area contributed by atoms with Crippen LogP contribution in [0.15, 0.2) is 12.3 Å². The lowest BCUT2D eigenvalue weighted by Gasteiger charge is -2.20. The van der Waals surface area contributed by atoms with Gasteiger partial charge in [-0.2, -0.15) is 5.26 Å². The number of aromatic nitrogens is 1. The third-order valence-corrected chi connectivity index (χ3v) is 2.02. The van der Waals surface area contributed by atoms with E-state index < -0.39 is 0 Å². The molecule has 1 aromatic rings. The number of nitrogens with zero attached hydrogens (tertiary/aromatic N) is 2. The van der Waals surface area contributed by atoms with Crippen LogP contribution in [0.4, 0.5) is 0 Å². The van der Waals surface area contributed by atoms with E-state index in [2.05, 4.69) is 31.8 Å². The molecule has 0 spiro atoms. The molecule has 0 saturated heterocycles. The van der Waals surface area contributed by atoms with E-state index in [1.54, 1.807) is 6.20 Å². The molecule has 0 radical (unpaired) electrons. The van der Waals surface area contributed by atoms with Crippen molar-refractivity contribution < 1.29 is 0 Å². The van der Waals surface area contributed by atoms with Crippen LogP contribution in [0.2, 0.25) is 0 Å². The minimum absolute atomic E-state index is 0.0595. The molecule has 1 rings (SSSR count). The van der Waals surface area contributed by atoms with Crippen molar-refractivity contribution in [1.29, 1.82) is 5.26 Å². The second kappa shape index (κ2) is 3.18. The summed E-state index contributed by atoms with van der Waals surface area (Å²) < 4.78 is 0. The standard InChI is InChI=1S/C11H14N2/c1-8-10(11(2,3)4)5-9(6-12)7-13-8/h5,7H,1-4H3. The Balaban J connectivity index is 3.29. The van der Waals surface area contributed by atoms with E-state index in [0.717, 1.165) is 11.3 Å². The van der Waals surface area contributed by atoms with E-state index in [1.165, 1.54) is 0 Å². The topological polar surface area (TPSA) is 36.7 Å². The van der Waals surface area contributed by atoms with Gasteiger partial charge in [-0.05, 0) is 24.0 Å². The lowest BCUT2D eigenvalue weighted by Crippen LogP contribution is -2.14. The van der Waals surface area contributed by atoms with Crippen LogP contribution in [-0.4, -0.2) is 4.98 Å². The highest BCUT2D eigenvalue weighted by Gasteiger charge is 2.17. The number of hydrogen-bond acceptors (Lipinski definition) is 2. The summed E-state index contributed by atoms with van der Waals surface area (Å²) in [6, 6.07) is 4.02. The summed E-state index contributed by atoms with van der Waals surface area (Å²) in [6.45, 7) is 8.34. The van der Waals surface area contributed by atoms with Gasteiger partial charge >= 0.3 is 0 Å². The molecular formula is C11H14N2. The quantitative estimate of drug-likeness (QED) is 0.606. The van der Waals surface area contributed by atoms with Crippen LogP contribution < -0.4 is 0 Å². The minimum Gasteiger partial charge on any atom is -0.260 e. The van der Waals surface area contributed by atoms with Gasteiger partial charge in [0.15, 0.2) is 0 Å². The van der Waals surface area contributed by atoms with Crippen molar-refractivity contribution in [2.45, 2.75) is 33.1 Å². The first-order valence-electron chi connectivity index (χ1n) is 4.32. The van der Waals surface area contributed by atoms with Gasteiger partial charge in [0.25, 0.3) is 0 Å². The number of aryl methyl sites for hydroxylation is 1. The zero-order valence-electron chi connectivity index (χ0n) is 8.55. The fraction of sp³-hybridized carbons (Fsp3) is 0.455. The van der Waals surface area contributed by atoms with Crippen molar-refractivity contribution in [3.05, 3.63) is 29.1 Å². The third-order valence-electron chi connectivity index (χ3n) is 2.02. The highest BCUT2D eigenvalue weighted by molar-refractivity contribution is 5.36. The molecule has 1 heterocycles. The number of nitriles is 1. The Hall–Kier alpha value is -1.36. The van der Waals surface area contributed by atoms with Crippen molar-refractivity contribution in [1.82, 2.24) is 4.98 Å².